The van der Waals surface area contributed by atoms with E-state index in [9.17, 15) is 9.59 Å². The highest BCUT2D eigenvalue weighted by Gasteiger charge is 2.31. The number of carboxylic acid groups (broad SMARTS) is 1. The lowest BCUT2D eigenvalue weighted by Gasteiger charge is -2.22. The van der Waals surface area contributed by atoms with Crippen LogP contribution in [-0.4, -0.2) is 38.7 Å². The van der Waals surface area contributed by atoms with Gasteiger partial charge < -0.3 is 10.4 Å². The van der Waals surface area contributed by atoms with Crippen LogP contribution in [0.4, 0.5) is 0 Å². The van der Waals surface area contributed by atoms with Crippen molar-refractivity contribution in [1.82, 2.24) is 15.3 Å². The minimum absolute atomic E-state index is 0.326. The Morgan fingerprint density at radius 2 is 1.84 bits per heavy atom. The lowest BCUT2D eigenvalue weighted by Crippen LogP contribution is -2.50. The number of hydrogen-bond donors (Lipinski definition) is 2. The molecule has 0 unspecified atom stereocenters. The predicted octanol–water partition coefficient (Wildman–Crippen LogP) is 1.41. The number of nitrogens with one attached hydrogen (secondary N) is 1. The molecule has 0 aliphatic heterocycles. The number of rotatable bonds is 4. The number of carbonyl (C=O) groups excluding carboxylic acids is 1. The zero-order chi connectivity index (χ0) is 14.8. The zero-order valence-electron chi connectivity index (χ0n) is 11.6. The van der Waals surface area contributed by atoms with Gasteiger partial charge in [0.05, 0.1) is 11.3 Å². The van der Waals surface area contributed by atoms with E-state index < -0.39 is 17.4 Å². The van der Waals surface area contributed by atoms with Gasteiger partial charge in [-0.15, -0.1) is 11.8 Å². The van der Waals surface area contributed by atoms with Crippen molar-refractivity contribution in [2.24, 2.45) is 0 Å². The Hall–Kier alpha value is -1.63. The fraction of sp³-hybridized carbons (Fsp3) is 0.500. The van der Waals surface area contributed by atoms with Crippen LogP contribution in [0.1, 0.15) is 35.7 Å². The molecule has 0 aliphatic rings. The van der Waals surface area contributed by atoms with Crippen molar-refractivity contribution in [2.45, 2.75) is 38.3 Å². The van der Waals surface area contributed by atoms with Crippen molar-refractivity contribution in [3.05, 3.63) is 17.1 Å². The number of carboxylic acids is 1. The number of carbonyl (C=O) groups is 2. The Kier molecular flexibility index (Phi) is 4.52. The minimum Gasteiger partial charge on any atom is -0.480 e. The quantitative estimate of drug-likeness (QED) is 0.641. The number of aryl methyl sites for hydroxylation is 2. The van der Waals surface area contributed by atoms with E-state index in [1.807, 2.05) is 0 Å². The second-order valence-electron chi connectivity index (χ2n) is 4.62. The van der Waals surface area contributed by atoms with Gasteiger partial charge in [-0.3, -0.25) is 4.79 Å². The molecule has 6 nitrogen and oxygen atoms in total. The molecule has 0 bridgehead atoms. The van der Waals surface area contributed by atoms with Gasteiger partial charge in [-0.25, -0.2) is 14.8 Å². The van der Waals surface area contributed by atoms with Crippen LogP contribution >= 0.6 is 11.8 Å². The summed E-state index contributed by atoms with van der Waals surface area (Å²) in [5.41, 5.74) is -0.479. The lowest BCUT2D eigenvalue weighted by atomic mass is 10.1. The Bertz CT molecular complexity index is 529. The first-order valence-corrected chi connectivity index (χ1v) is 6.86. The molecular weight excluding hydrogens is 266 g/mol. The largest absolute Gasteiger partial charge is 0.480 e. The third-order valence-corrected chi connectivity index (χ3v) is 3.23. The van der Waals surface area contributed by atoms with Gasteiger partial charge in [0.15, 0.2) is 0 Å². The normalized spacial score (nSPS) is 11.2. The molecule has 0 radical (unpaired) electrons. The number of amides is 1. The van der Waals surface area contributed by atoms with Gasteiger partial charge in [-0.1, -0.05) is 0 Å². The van der Waals surface area contributed by atoms with E-state index in [4.69, 9.17) is 5.11 Å². The van der Waals surface area contributed by atoms with E-state index in [1.165, 1.54) is 25.6 Å². The molecule has 104 valence electrons. The van der Waals surface area contributed by atoms with E-state index in [1.54, 1.807) is 20.1 Å². The number of aromatic nitrogens is 2. The van der Waals surface area contributed by atoms with Gasteiger partial charge in [0, 0.05) is 0 Å². The average molecular weight is 283 g/mol. The fourth-order valence-corrected chi connectivity index (χ4v) is 2.16. The third kappa shape index (κ3) is 3.44. The Balaban J connectivity index is 3.17. The second-order valence-corrected chi connectivity index (χ2v) is 5.42. The fourth-order valence-electron chi connectivity index (χ4n) is 1.49. The summed E-state index contributed by atoms with van der Waals surface area (Å²) in [7, 11) is 0. The zero-order valence-corrected chi connectivity index (χ0v) is 12.4. The first kappa shape index (κ1) is 15.4. The lowest BCUT2D eigenvalue weighted by molar-refractivity contribution is -0.143. The summed E-state index contributed by atoms with van der Waals surface area (Å²) in [6.45, 7) is 6.30. The van der Waals surface area contributed by atoms with Crippen molar-refractivity contribution >= 4 is 23.6 Å². The van der Waals surface area contributed by atoms with E-state index in [0.29, 0.717) is 22.1 Å². The third-order valence-electron chi connectivity index (χ3n) is 2.55. The van der Waals surface area contributed by atoms with E-state index in [2.05, 4.69) is 15.3 Å². The molecule has 1 rings (SSSR count). The van der Waals surface area contributed by atoms with Gasteiger partial charge in [0.25, 0.3) is 5.91 Å². The minimum atomic E-state index is -1.34. The van der Waals surface area contributed by atoms with Crippen molar-refractivity contribution in [1.29, 1.82) is 0 Å². The average Bonchev–Trinajstić information content (AvgIpc) is 2.26. The summed E-state index contributed by atoms with van der Waals surface area (Å²) in [5, 5.41) is 12.0. The molecule has 1 heterocycles. The molecule has 1 aromatic rings. The summed E-state index contributed by atoms with van der Waals surface area (Å²) in [5.74, 6) is -0.998. The number of aliphatic carboxylic acids is 1. The van der Waals surface area contributed by atoms with E-state index in [-0.39, 0.29) is 0 Å². The second kappa shape index (κ2) is 5.56. The number of hydrogen-bond acceptors (Lipinski definition) is 5. The summed E-state index contributed by atoms with van der Waals surface area (Å²) in [4.78, 5) is 31.6. The van der Waals surface area contributed by atoms with Crippen LogP contribution in [0.15, 0.2) is 5.03 Å². The van der Waals surface area contributed by atoms with Gasteiger partial charge >= 0.3 is 5.97 Å². The molecule has 1 amide bonds. The van der Waals surface area contributed by atoms with Crippen LogP contribution in [0.5, 0.6) is 0 Å². The molecule has 0 saturated heterocycles. The maximum Gasteiger partial charge on any atom is 0.328 e. The SMILES string of the molecule is CSc1nc(C)nc(C)c1C(=O)NC(C)(C)C(=O)O. The monoisotopic (exact) mass is 283 g/mol. The van der Waals surface area contributed by atoms with Crippen LogP contribution < -0.4 is 5.32 Å². The molecular formula is C12H17N3O3S. The maximum atomic E-state index is 12.2. The van der Waals surface area contributed by atoms with Crippen LogP contribution in [0.2, 0.25) is 0 Å². The van der Waals surface area contributed by atoms with E-state index >= 15 is 0 Å². The van der Waals surface area contributed by atoms with Crippen LogP contribution in [-0.2, 0) is 4.79 Å². The van der Waals surface area contributed by atoms with Crippen molar-refractivity contribution in [3.8, 4) is 0 Å². The van der Waals surface area contributed by atoms with Gasteiger partial charge in [-0.2, -0.15) is 0 Å². The van der Waals surface area contributed by atoms with Crippen LogP contribution in [0.25, 0.3) is 0 Å². The molecule has 1 aromatic heterocycles. The number of thioether (sulfide) groups is 1. The van der Waals surface area contributed by atoms with E-state index in [0.717, 1.165) is 0 Å². The van der Waals surface area contributed by atoms with Crippen molar-refractivity contribution < 1.29 is 14.7 Å². The molecule has 0 atom stereocenters. The molecule has 0 saturated carbocycles. The summed E-state index contributed by atoms with van der Waals surface area (Å²) < 4.78 is 0. The molecule has 0 aromatic carbocycles. The first-order valence-electron chi connectivity index (χ1n) is 5.64. The van der Waals surface area contributed by atoms with Crippen molar-refractivity contribution in [2.75, 3.05) is 6.26 Å². The Labute approximate surface area is 116 Å². The molecule has 0 aliphatic carbocycles. The highest BCUT2D eigenvalue weighted by atomic mass is 32.2. The Morgan fingerprint density at radius 3 is 2.32 bits per heavy atom. The van der Waals surface area contributed by atoms with Crippen LogP contribution in [0, 0.1) is 13.8 Å². The van der Waals surface area contributed by atoms with Gasteiger partial charge in [-0.05, 0) is 34.0 Å². The summed E-state index contributed by atoms with van der Waals surface area (Å²) in [6, 6.07) is 0. The number of nitrogens with zero attached hydrogens (tertiary/aromatic N) is 2. The maximum absolute atomic E-state index is 12.2. The molecule has 2 N–H and O–H groups in total. The first-order chi connectivity index (χ1) is 8.69. The van der Waals surface area contributed by atoms with Gasteiger partial charge in [0.2, 0.25) is 0 Å². The standard InChI is InChI=1S/C12H17N3O3S/c1-6-8(10(19-5)14-7(2)13-6)9(16)15-12(3,4)11(17)18/h1-5H3,(H,15,16)(H,17,18). The smallest absolute Gasteiger partial charge is 0.328 e. The molecule has 0 spiro atoms. The molecule has 7 heteroatoms. The topological polar surface area (TPSA) is 92.2 Å². The van der Waals surface area contributed by atoms with Gasteiger partial charge in [0.1, 0.15) is 16.4 Å². The van der Waals surface area contributed by atoms with Crippen molar-refractivity contribution in [3.63, 3.8) is 0 Å². The summed E-state index contributed by atoms with van der Waals surface area (Å²) in [6.07, 6.45) is 1.81. The predicted molar refractivity (Wildman–Crippen MR) is 72.5 cm³/mol. The highest BCUT2D eigenvalue weighted by molar-refractivity contribution is 7.98. The molecule has 19 heavy (non-hydrogen) atoms. The Morgan fingerprint density at radius 1 is 1.26 bits per heavy atom. The highest BCUT2D eigenvalue weighted by Crippen LogP contribution is 2.21. The molecule has 0 fully saturated rings. The summed E-state index contributed by atoms with van der Waals surface area (Å²) >= 11 is 1.33. The van der Waals surface area contributed by atoms with Crippen LogP contribution in [0.3, 0.4) is 0 Å².